The zero-order valence-corrected chi connectivity index (χ0v) is 14.9. The summed E-state index contributed by atoms with van der Waals surface area (Å²) in [5, 5.41) is 11.6. The average Bonchev–Trinajstić information content (AvgIpc) is 2.54. The van der Waals surface area contributed by atoms with Crippen LogP contribution in [-0.2, 0) is 4.79 Å². The van der Waals surface area contributed by atoms with Gasteiger partial charge < -0.3 is 4.74 Å². The van der Waals surface area contributed by atoms with Crippen LogP contribution in [0.4, 0.5) is 5.69 Å². The fraction of sp³-hybridized carbons (Fsp3) is 0.588. The van der Waals surface area contributed by atoms with E-state index in [1.54, 1.807) is 0 Å². The fourth-order valence-electron chi connectivity index (χ4n) is 2.24. The summed E-state index contributed by atoms with van der Waals surface area (Å²) < 4.78 is 5.16. The Labute approximate surface area is 145 Å². The molecule has 0 saturated carbocycles. The monoisotopic (exact) mass is 385 g/mol. The number of halogens is 1. The first kappa shape index (κ1) is 19.6. The van der Waals surface area contributed by atoms with E-state index < -0.39 is 4.92 Å². The number of carbonyl (C=O) groups is 1. The summed E-state index contributed by atoms with van der Waals surface area (Å²) in [6.45, 7) is 0. The largest absolute Gasteiger partial charge is 0.427 e. The zero-order valence-electron chi connectivity index (χ0n) is 13.3. The summed E-state index contributed by atoms with van der Waals surface area (Å²) >= 11 is 3.43. The van der Waals surface area contributed by atoms with Crippen LogP contribution in [0.25, 0.3) is 0 Å². The SMILES string of the molecule is O=C(CCCCCCCCCCBr)Oc1ccc([N+](=O)[O-])cc1. The Kier molecular flexibility index (Phi) is 10.3. The molecule has 0 fully saturated rings. The Morgan fingerprint density at radius 3 is 2.00 bits per heavy atom. The highest BCUT2D eigenvalue weighted by Crippen LogP contribution is 2.18. The Morgan fingerprint density at radius 1 is 0.957 bits per heavy atom. The third kappa shape index (κ3) is 9.33. The minimum Gasteiger partial charge on any atom is -0.427 e. The van der Waals surface area contributed by atoms with Crippen molar-refractivity contribution in [1.82, 2.24) is 0 Å². The Morgan fingerprint density at radius 2 is 1.48 bits per heavy atom. The molecular formula is C17H24BrNO4. The van der Waals surface area contributed by atoms with Gasteiger partial charge in [0.1, 0.15) is 5.75 Å². The number of unbranched alkanes of at least 4 members (excludes halogenated alkanes) is 7. The molecule has 1 rings (SSSR count). The van der Waals surface area contributed by atoms with Gasteiger partial charge in [-0.3, -0.25) is 14.9 Å². The molecule has 5 nitrogen and oxygen atoms in total. The highest BCUT2D eigenvalue weighted by Gasteiger charge is 2.08. The van der Waals surface area contributed by atoms with E-state index >= 15 is 0 Å². The van der Waals surface area contributed by atoms with Crippen molar-refractivity contribution in [3.05, 3.63) is 34.4 Å². The topological polar surface area (TPSA) is 69.4 Å². The van der Waals surface area contributed by atoms with E-state index in [2.05, 4.69) is 15.9 Å². The minimum absolute atomic E-state index is 0.0130. The van der Waals surface area contributed by atoms with Crippen LogP contribution in [0.5, 0.6) is 5.75 Å². The van der Waals surface area contributed by atoms with Crippen molar-refractivity contribution in [2.24, 2.45) is 0 Å². The van der Waals surface area contributed by atoms with Crippen LogP contribution in [0.15, 0.2) is 24.3 Å². The van der Waals surface area contributed by atoms with Crippen LogP contribution in [0, 0.1) is 10.1 Å². The van der Waals surface area contributed by atoms with Crippen molar-refractivity contribution in [2.75, 3.05) is 5.33 Å². The number of nitro groups is 1. The first-order valence-corrected chi connectivity index (χ1v) is 9.26. The normalized spacial score (nSPS) is 10.5. The third-order valence-corrected chi connectivity index (χ3v) is 4.10. The summed E-state index contributed by atoms with van der Waals surface area (Å²) in [5.41, 5.74) is -0.0130. The number of rotatable bonds is 12. The van der Waals surface area contributed by atoms with Gasteiger partial charge in [0, 0.05) is 23.9 Å². The van der Waals surface area contributed by atoms with Crippen LogP contribution in [0.3, 0.4) is 0 Å². The molecule has 0 spiro atoms. The number of nitro benzene ring substituents is 1. The molecule has 128 valence electrons. The number of non-ortho nitro benzene ring substituents is 1. The van der Waals surface area contributed by atoms with E-state index in [0.717, 1.165) is 24.6 Å². The maximum atomic E-state index is 11.7. The van der Waals surface area contributed by atoms with Crippen molar-refractivity contribution < 1.29 is 14.5 Å². The molecule has 0 saturated heterocycles. The maximum absolute atomic E-state index is 11.7. The molecule has 0 aromatic heterocycles. The highest BCUT2D eigenvalue weighted by atomic mass is 79.9. The quantitative estimate of drug-likeness (QED) is 0.120. The first-order valence-electron chi connectivity index (χ1n) is 8.14. The van der Waals surface area contributed by atoms with Gasteiger partial charge >= 0.3 is 5.97 Å². The first-order chi connectivity index (χ1) is 11.1. The molecule has 0 bridgehead atoms. The van der Waals surface area contributed by atoms with Gasteiger partial charge in [0.2, 0.25) is 0 Å². The van der Waals surface area contributed by atoms with Gasteiger partial charge in [-0.15, -0.1) is 0 Å². The Bertz CT molecular complexity index is 476. The molecule has 0 N–H and O–H groups in total. The Balaban J connectivity index is 2.07. The van der Waals surface area contributed by atoms with Crippen LogP contribution < -0.4 is 4.74 Å². The molecule has 1 aromatic rings. The van der Waals surface area contributed by atoms with Gasteiger partial charge in [0.05, 0.1) is 4.92 Å². The molecule has 6 heteroatoms. The van der Waals surface area contributed by atoms with Gasteiger partial charge in [-0.25, -0.2) is 0 Å². The fourth-order valence-corrected chi connectivity index (χ4v) is 2.64. The maximum Gasteiger partial charge on any atom is 0.311 e. The van der Waals surface area contributed by atoms with Gasteiger partial charge in [-0.05, 0) is 25.0 Å². The summed E-state index contributed by atoms with van der Waals surface area (Å²) in [6, 6.07) is 5.56. The van der Waals surface area contributed by atoms with Crippen LogP contribution >= 0.6 is 15.9 Å². The molecule has 0 radical (unpaired) electrons. The number of esters is 1. The molecule has 0 aliphatic rings. The van der Waals surface area contributed by atoms with Gasteiger partial charge in [-0.1, -0.05) is 54.5 Å². The molecule has 1 aromatic carbocycles. The van der Waals surface area contributed by atoms with E-state index in [0.29, 0.717) is 12.2 Å². The smallest absolute Gasteiger partial charge is 0.311 e. The molecule has 0 heterocycles. The second-order valence-corrected chi connectivity index (χ2v) is 6.29. The van der Waals surface area contributed by atoms with Crippen LogP contribution in [0.2, 0.25) is 0 Å². The van der Waals surface area contributed by atoms with Crippen molar-refractivity contribution in [3.8, 4) is 5.75 Å². The van der Waals surface area contributed by atoms with Gasteiger partial charge in [0.15, 0.2) is 0 Å². The van der Waals surface area contributed by atoms with Crippen molar-refractivity contribution >= 4 is 27.6 Å². The van der Waals surface area contributed by atoms with Crippen LogP contribution in [0.1, 0.15) is 57.8 Å². The molecule has 0 aliphatic carbocycles. The number of hydrogen-bond donors (Lipinski definition) is 0. The molecular weight excluding hydrogens is 362 g/mol. The molecule has 0 aliphatic heterocycles. The minimum atomic E-state index is -0.481. The summed E-state index contributed by atoms with van der Waals surface area (Å²) in [5.74, 6) is 0.0727. The van der Waals surface area contributed by atoms with Crippen molar-refractivity contribution in [1.29, 1.82) is 0 Å². The highest BCUT2D eigenvalue weighted by molar-refractivity contribution is 9.09. The number of benzene rings is 1. The number of carbonyl (C=O) groups excluding carboxylic acids is 1. The predicted molar refractivity (Wildman–Crippen MR) is 94.1 cm³/mol. The van der Waals surface area contributed by atoms with E-state index in [4.69, 9.17) is 4.74 Å². The van der Waals surface area contributed by atoms with Crippen molar-refractivity contribution in [2.45, 2.75) is 57.8 Å². The van der Waals surface area contributed by atoms with E-state index in [1.165, 1.54) is 56.4 Å². The molecule has 0 amide bonds. The van der Waals surface area contributed by atoms with Gasteiger partial charge in [0.25, 0.3) is 5.69 Å². The van der Waals surface area contributed by atoms with E-state index in [-0.39, 0.29) is 11.7 Å². The standard InChI is InChI=1S/C17H24BrNO4/c18-14-8-6-4-2-1-3-5-7-9-17(20)23-16-12-10-15(11-13-16)19(21)22/h10-13H,1-9,14H2. The number of alkyl halides is 1. The van der Waals surface area contributed by atoms with E-state index in [9.17, 15) is 14.9 Å². The second kappa shape index (κ2) is 12.0. The molecule has 0 atom stereocenters. The summed E-state index contributed by atoms with van der Waals surface area (Å²) in [7, 11) is 0. The summed E-state index contributed by atoms with van der Waals surface area (Å²) in [6.07, 6.45) is 9.70. The number of ether oxygens (including phenoxy) is 1. The lowest BCUT2D eigenvalue weighted by atomic mass is 10.1. The predicted octanol–water partition coefficient (Wildman–Crippen LogP) is 5.41. The lowest BCUT2D eigenvalue weighted by Crippen LogP contribution is -2.07. The second-order valence-electron chi connectivity index (χ2n) is 5.49. The van der Waals surface area contributed by atoms with E-state index in [1.807, 2.05) is 0 Å². The number of nitrogens with zero attached hydrogens (tertiary/aromatic N) is 1. The number of hydrogen-bond acceptors (Lipinski definition) is 4. The lowest BCUT2D eigenvalue weighted by Gasteiger charge is -2.04. The molecule has 0 unspecified atom stereocenters. The molecule has 23 heavy (non-hydrogen) atoms. The summed E-state index contributed by atoms with van der Waals surface area (Å²) in [4.78, 5) is 21.7. The Hall–Kier alpha value is -1.43. The van der Waals surface area contributed by atoms with Crippen molar-refractivity contribution in [3.63, 3.8) is 0 Å². The lowest BCUT2D eigenvalue weighted by molar-refractivity contribution is -0.384. The zero-order chi connectivity index (χ0) is 16.9. The van der Waals surface area contributed by atoms with Gasteiger partial charge in [-0.2, -0.15) is 0 Å². The third-order valence-electron chi connectivity index (χ3n) is 3.54. The van der Waals surface area contributed by atoms with Crippen LogP contribution in [-0.4, -0.2) is 16.2 Å². The average molecular weight is 386 g/mol.